The molecule has 0 radical (unpaired) electrons. The first-order valence-corrected chi connectivity index (χ1v) is 11.0. The van der Waals surface area contributed by atoms with E-state index in [0.29, 0.717) is 16.7 Å². The quantitative estimate of drug-likeness (QED) is 0.128. The van der Waals surface area contributed by atoms with Gasteiger partial charge in [0.15, 0.2) is 0 Å². The Labute approximate surface area is 190 Å². The second kappa shape index (κ2) is 7.36. The third-order valence-electron chi connectivity index (χ3n) is 5.66. The molecule has 6 nitrogen and oxygen atoms in total. The number of thiazole rings is 1. The van der Waals surface area contributed by atoms with Crippen LogP contribution in [0.1, 0.15) is 0 Å². The standard InChI is InChI=1S/C26H14N2O4S/c29-26-19(15-9-11-17(12-10-15)28(30)31)14-20-18-6-2-1-5-16(18)13-21(24(20)32-26)25-27-22-7-3-4-8-23(22)33-25/h1-14H. The van der Waals surface area contributed by atoms with Crippen molar-refractivity contribution in [3.05, 3.63) is 105 Å². The molecule has 6 rings (SSSR count). The van der Waals surface area contributed by atoms with Crippen molar-refractivity contribution in [2.24, 2.45) is 0 Å². The molecule has 0 atom stereocenters. The lowest BCUT2D eigenvalue weighted by Gasteiger charge is -2.09. The van der Waals surface area contributed by atoms with Crippen LogP contribution in [0.5, 0.6) is 0 Å². The zero-order valence-electron chi connectivity index (χ0n) is 17.0. The number of benzene rings is 4. The van der Waals surface area contributed by atoms with Gasteiger partial charge < -0.3 is 4.42 Å². The Kier molecular flexibility index (Phi) is 4.31. The summed E-state index contributed by atoms with van der Waals surface area (Å²) in [5.74, 6) is 0. The number of nitrogens with zero attached hydrogens (tertiary/aromatic N) is 2. The van der Waals surface area contributed by atoms with Crippen molar-refractivity contribution in [1.82, 2.24) is 4.98 Å². The van der Waals surface area contributed by atoms with Gasteiger partial charge >= 0.3 is 5.63 Å². The smallest absolute Gasteiger partial charge is 0.344 e. The fourth-order valence-electron chi connectivity index (χ4n) is 4.07. The summed E-state index contributed by atoms with van der Waals surface area (Å²) >= 11 is 1.55. The highest BCUT2D eigenvalue weighted by molar-refractivity contribution is 7.21. The van der Waals surface area contributed by atoms with Crippen molar-refractivity contribution in [3.8, 4) is 21.7 Å². The first-order valence-electron chi connectivity index (χ1n) is 10.2. The minimum Gasteiger partial charge on any atom is -0.421 e. The minimum atomic E-state index is -0.506. The summed E-state index contributed by atoms with van der Waals surface area (Å²) in [6, 6.07) is 25.5. The Morgan fingerprint density at radius 2 is 1.61 bits per heavy atom. The van der Waals surface area contributed by atoms with E-state index in [2.05, 4.69) is 0 Å². The van der Waals surface area contributed by atoms with Gasteiger partial charge in [0.2, 0.25) is 0 Å². The molecule has 2 aromatic heterocycles. The van der Waals surface area contributed by atoms with Gasteiger partial charge in [0.25, 0.3) is 5.69 Å². The number of non-ortho nitro benzene ring substituents is 1. The molecule has 0 aliphatic carbocycles. The Morgan fingerprint density at radius 3 is 2.39 bits per heavy atom. The van der Waals surface area contributed by atoms with Gasteiger partial charge in [0.05, 0.1) is 26.3 Å². The molecule has 2 heterocycles. The van der Waals surface area contributed by atoms with Crippen molar-refractivity contribution >= 4 is 49.0 Å². The minimum absolute atomic E-state index is 0.0347. The molecule has 33 heavy (non-hydrogen) atoms. The monoisotopic (exact) mass is 450 g/mol. The van der Waals surface area contributed by atoms with E-state index in [-0.39, 0.29) is 5.69 Å². The number of hydrogen-bond acceptors (Lipinski definition) is 6. The number of rotatable bonds is 3. The molecule has 0 bridgehead atoms. The molecule has 6 aromatic rings. The molecule has 0 saturated heterocycles. The Balaban J connectivity index is 1.65. The van der Waals surface area contributed by atoms with Crippen LogP contribution in [-0.2, 0) is 0 Å². The van der Waals surface area contributed by atoms with Gasteiger partial charge in [-0.2, -0.15) is 0 Å². The lowest BCUT2D eigenvalue weighted by atomic mass is 9.99. The Bertz CT molecular complexity index is 1730. The predicted octanol–water partition coefficient (Wildman–Crippen LogP) is 6.80. The van der Waals surface area contributed by atoms with Crippen molar-refractivity contribution in [1.29, 1.82) is 0 Å². The summed E-state index contributed by atoms with van der Waals surface area (Å²) in [6.45, 7) is 0. The first-order chi connectivity index (χ1) is 16.1. The number of nitro groups is 1. The summed E-state index contributed by atoms with van der Waals surface area (Å²) < 4.78 is 6.95. The van der Waals surface area contributed by atoms with E-state index in [1.807, 2.05) is 60.7 Å². The maximum absolute atomic E-state index is 13.0. The van der Waals surface area contributed by atoms with E-state index in [1.165, 1.54) is 12.1 Å². The van der Waals surface area contributed by atoms with Crippen LogP contribution in [0.15, 0.2) is 94.1 Å². The second-order valence-corrected chi connectivity index (χ2v) is 8.66. The SMILES string of the molecule is O=c1oc2c(-c3nc4ccccc4s3)cc3ccccc3c2cc1-c1ccc([N+](=O)[O-])cc1. The highest BCUT2D eigenvalue weighted by Crippen LogP contribution is 2.39. The molecule has 0 aliphatic rings. The van der Waals surface area contributed by atoms with Crippen LogP contribution < -0.4 is 5.63 Å². The molecule has 7 heteroatoms. The van der Waals surface area contributed by atoms with Crippen molar-refractivity contribution in [2.75, 3.05) is 0 Å². The highest BCUT2D eigenvalue weighted by atomic mass is 32.1. The number of hydrogen-bond donors (Lipinski definition) is 0. The molecule has 0 amide bonds. The molecule has 0 aliphatic heterocycles. The van der Waals surface area contributed by atoms with Crippen LogP contribution in [0.25, 0.3) is 53.7 Å². The van der Waals surface area contributed by atoms with Crippen molar-refractivity contribution in [2.45, 2.75) is 0 Å². The van der Waals surface area contributed by atoms with Crippen molar-refractivity contribution < 1.29 is 9.34 Å². The lowest BCUT2D eigenvalue weighted by molar-refractivity contribution is -0.384. The molecule has 0 fully saturated rings. The van der Waals surface area contributed by atoms with Gasteiger partial charge in [-0.05, 0) is 52.7 Å². The predicted molar refractivity (Wildman–Crippen MR) is 131 cm³/mol. The van der Waals surface area contributed by atoms with Gasteiger partial charge in [0.1, 0.15) is 10.6 Å². The van der Waals surface area contributed by atoms with E-state index >= 15 is 0 Å². The molecular weight excluding hydrogens is 436 g/mol. The summed E-state index contributed by atoms with van der Waals surface area (Å²) in [7, 11) is 0. The van der Waals surface area contributed by atoms with Crippen LogP contribution >= 0.6 is 11.3 Å². The Hall–Kier alpha value is -4.36. The summed E-state index contributed by atoms with van der Waals surface area (Å²) in [5, 5.41) is 14.5. The topological polar surface area (TPSA) is 86.2 Å². The highest BCUT2D eigenvalue weighted by Gasteiger charge is 2.18. The van der Waals surface area contributed by atoms with E-state index in [1.54, 1.807) is 23.5 Å². The van der Waals surface area contributed by atoms with Gasteiger partial charge in [0, 0.05) is 17.5 Å². The lowest BCUT2D eigenvalue weighted by Crippen LogP contribution is -2.03. The van der Waals surface area contributed by atoms with Gasteiger partial charge in [-0.3, -0.25) is 10.1 Å². The average molecular weight is 450 g/mol. The molecular formula is C26H14N2O4S. The third kappa shape index (κ3) is 3.18. The summed E-state index contributed by atoms with van der Waals surface area (Å²) in [5.41, 5.74) is 2.50. The number of aromatic nitrogens is 1. The number of fused-ring (bicyclic) bond motifs is 4. The van der Waals surface area contributed by atoms with Crippen LogP contribution in [-0.4, -0.2) is 9.91 Å². The number of nitro benzene ring substituents is 1. The molecule has 0 saturated carbocycles. The van der Waals surface area contributed by atoms with E-state index in [9.17, 15) is 14.9 Å². The van der Waals surface area contributed by atoms with Crippen LogP contribution in [0.4, 0.5) is 5.69 Å². The van der Waals surface area contributed by atoms with Crippen LogP contribution in [0.3, 0.4) is 0 Å². The Morgan fingerprint density at radius 1 is 0.848 bits per heavy atom. The third-order valence-corrected chi connectivity index (χ3v) is 6.73. The maximum atomic E-state index is 13.0. The van der Waals surface area contributed by atoms with Crippen LogP contribution in [0, 0.1) is 10.1 Å². The van der Waals surface area contributed by atoms with Crippen molar-refractivity contribution in [3.63, 3.8) is 0 Å². The van der Waals surface area contributed by atoms with Crippen LogP contribution in [0.2, 0.25) is 0 Å². The van der Waals surface area contributed by atoms with Gasteiger partial charge in [-0.1, -0.05) is 36.4 Å². The zero-order valence-corrected chi connectivity index (χ0v) is 17.8. The average Bonchev–Trinajstić information content (AvgIpc) is 3.27. The normalized spacial score (nSPS) is 11.4. The largest absolute Gasteiger partial charge is 0.421 e. The molecule has 0 spiro atoms. The zero-order chi connectivity index (χ0) is 22.5. The summed E-state index contributed by atoms with van der Waals surface area (Å²) in [4.78, 5) is 28.3. The second-order valence-electron chi connectivity index (χ2n) is 7.63. The fourth-order valence-corrected chi connectivity index (χ4v) is 5.05. The molecule has 0 unspecified atom stereocenters. The van der Waals surface area contributed by atoms with E-state index in [4.69, 9.17) is 9.40 Å². The van der Waals surface area contributed by atoms with E-state index < -0.39 is 10.5 Å². The number of para-hydroxylation sites is 1. The summed E-state index contributed by atoms with van der Waals surface area (Å²) in [6.07, 6.45) is 0. The van der Waals surface area contributed by atoms with Gasteiger partial charge in [-0.25, -0.2) is 9.78 Å². The maximum Gasteiger partial charge on any atom is 0.344 e. The van der Waals surface area contributed by atoms with E-state index in [0.717, 1.165) is 36.9 Å². The molecule has 158 valence electrons. The fraction of sp³-hybridized carbons (Fsp3) is 0. The first kappa shape index (κ1) is 19.3. The van der Waals surface area contributed by atoms with Gasteiger partial charge in [-0.15, -0.1) is 11.3 Å². The molecule has 0 N–H and O–H groups in total. The molecule has 4 aromatic carbocycles.